The summed E-state index contributed by atoms with van der Waals surface area (Å²) in [6.07, 6.45) is 5.32. The molecular formula is C20H35N3O3S. The number of hydrogen-bond donors (Lipinski definition) is 1. The monoisotopic (exact) mass is 397 g/mol. The normalized spacial score (nSPS) is 17.4. The van der Waals surface area contributed by atoms with E-state index in [1.165, 1.54) is 10.7 Å². The maximum atomic E-state index is 12.9. The Bertz CT molecular complexity index is 671. The fraction of sp³-hybridized carbons (Fsp3) is 0.700. The highest BCUT2D eigenvalue weighted by Crippen LogP contribution is 2.26. The Balaban J connectivity index is 2.14. The minimum Gasteiger partial charge on any atom is -0.497 e. The molecule has 154 valence electrons. The molecule has 1 saturated carbocycles. The zero-order valence-electron chi connectivity index (χ0n) is 17.1. The van der Waals surface area contributed by atoms with Crippen molar-refractivity contribution in [3.05, 3.63) is 29.8 Å². The summed E-state index contributed by atoms with van der Waals surface area (Å²) in [5, 5.41) is 0. The standard InChI is InChI=1S/C20H35N3O3S/c1-5-23(6-2)20(17-11-10-14-19(15-17)26-4)16-21-27(24,25)22(3)18-12-8-7-9-13-18/h10-11,14-15,18,20-21H,5-9,12-13,16H2,1-4H3. The van der Waals surface area contributed by atoms with Gasteiger partial charge in [0.05, 0.1) is 7.11 Å². The van der Waals surface area contributed by atoms with Crippen LogP contribution in [0, 0.1) is 0 Å². The minimum absolute atomic E-state index is 0.0374. The molecule has 1 aromatic rings. The average Bonchev–Trinajstić information content (AvgIpc) is 2.71. The minimum atomic E-state index is -3.50. The van der Waals surface area contributed by atoms with Gasteiger partial charge in [-0.05, 0) is 43.6 Å². The molecule has 0 aromatic heterocycles. The van der Waals surface area contributed by atoms with E-state index in [1.54, 1.807) is 14.2 Å². The summed E-state index contributed by atoms with van der Waals surface area (Å²) >= 11 is 0. The van der Waals surface area contributed by atoms with Crippen LogP contribution in [0.25, 0.3) is 0 Å². The lowest BCUT2D eigenvalue weighted by molar-refractivity contribution is 0.217. The van der Waals surface area contributed by atoms with Gasteiger partial charge in [0, 0.05) is 25.7 Å². The molecule has 1 unspecified atom stereocenters. The fourth-order valence-electron chi connectivity index (χ4n) is 3.90. The molecule has 7 heteroatoms. The summed E-state index contributed by atoms with van der Waals surface area (Å²) in [5.74, 6) is 0.784. The number of benzene rings is 1. The molecular weight excluding hydrogens is 362 g/mol. The Morgan fingerprint density at radius 1 is 1.19 bits per heavy atom. The van der Waals surface area contributed by atoms with Gasteiger partial charge in [-0.3, -0.25) is 4.90 Å². The molecule has 1 fully saturated rings. The molecule has 1 aromatic carbocycles. The highest BCUT2D eigenvalue weighted by molar-refractivity contribution is 7.87. The van der Waals surface area contributed by atoms with Gasteiger partial charge in [-0.15, -0.1) is 0 Å². The number of likely N-dealkylation sites (N-methyl/N-ethyl adjacent to an activating group) is 1. The van der Waals surface area contributed by atoms with Gasteiger partial charge in [-0.1, -0.05) is 45.2 Å². The number of ether oxygens (including phenoxy) is 1. The second-order valence-corrected chi connectivity index (χ2v) is 8.99. The van der Waals surface area contributed by atoms with Gasteiger partial charge >= 0.3 is 0 Å². The third-order valence-electron chi connectivity index (χ3n) is 5.66. The van der Waals surface area contributed by atoms with E-state index in [4.69, 9.17) is 4.74 Å². The smallest absolute Gasteiger partial charge is 0.279 e. The van der Waals surface area contributed by atoms with Crippen LogP contribution in [0.15, 0.2) is 24.3 Å². The van der Waals surface area contributed by atoms with Crippen molar-refractivity contribution in [2.45, 2.75) is 58.0 Å². The Morgan fingerprint density at radius 3 is 2.44 bits per heavy atom. The van der Waals surface area contributed by atoms with Crippen LogP contribution in [0.3, 0.4) is 0 Å². The summed E-state index contributed by atoms with van der Waals surface area (Å²) in [6, 6.07) is 7.95. The number of hydrogen-bond acceptors (Lipinski definition) is 4. The summed E-state index contributed by atoms with van der Waals surface area (Å²) in [7, 11) is -0.152. The topological polar surface area (TPSA) is 61.9 Å². The van der Waals surface area contributed by atoms with E-state index < -0.39 is 10.2 Å². The predicted octanol–water partition coefficient (Wildman–Crippen LogP) is 3.18. The van der Waals surface area contributed by atoms with E-state index in [0.29, 0.717) is 6.54 Å². The van der Waals surface area contributed by atoms with Crippen molar-refractivity contribution in [2.24, 2.45) is 0 Å². The molecule has 0 bridgehead atoms. The van der Waals surface area contributed by atoms with Gasteiger partial charge < -0.3 is 4.74 Å². The number of nitrogens with zero attached hydrogens (tertiary/aromatic N) is 2. The van der Waals surface area contributed by atoms with Gasteiger partial charge in [-0.2, -0.15) is 12.7 Å². The van der Waals surface area contributed by atoms with Gasteiger partial charge in [0.1, 0.15) is 5.75 Å². The van der Waals surface area contributed by atoms with Crippen molar-refractivity contribution in [1.82, 2.24) is 13.9 Å². The van der Waals surface area contributed by atoms with Crippen LogP contribution in [0.2, 0.25) is 0 Å². The van der Waals surface area contributed by atoms with Gasteiger partial charge in [0.15, 0.2) is 0 Å². The lowest BCUT2D eigenvalue weighted by Crippen LogP contribution is -2.47. The van der Waals surface area contributed by atoms with Crippen molar-refractivity contribution in [3.63, 3.8) is 0 Å². The number of rotatable bonds is 10. The van der Waals surface area contributed by atoms with E-state index in [1.807, 2.05) is 24.3 Å². The highest BCUT2D eigenvalue weighted by atomic mass is 32.2. The van der Waals surface area contributed by atoms with E-state index in [-0.39, 0.29) is 12.1 Å². The molecule has 0 heterocycles. The van der Waals surface area contributed by atoms with Crippen LogP contribution in [-0.4, -0.2) is 57.5 Å². The van der Waals surface area contributed by atoms with Crippen LogP contribution in [0.1, 0.15) is 57.6 Å². The summed E-state index contributed by atoms with van der Waals surface area (Å²) in [5.41, 5.74) is 1.06. The molecule has 1 aliphatic rings. The van der Waals surface area contributed by atoms with Crippen molar-refractivity contribution in [2.75, 3.05) is 33.8 Å². The Hall–Kier alpha value is -1.15. The van der Waals surface area contributed by atoms with E-state index in [9.17, 15) is 8.42 Å². The first kappa shape index (κ1) is 22.1. The first-order valence-corrected chi connectivity index (χ1v) is 11.5. The molecule has 27 heavy (non-hydrogen) atoms. The molecule has 1 atom stereocenters. The maximum absolute atomic E-state index is 12.9. The van der Waals surface area contributed by atoms with Crippen molar-refractivity contribution in [3.8, 4) is 5.75 Å². The van der Waals surface area contributed by atoms with Crippen LogP contribution in [0.5, 0.6) is 5.75 Å². The Kier molecular flexibility index (Phi) is 8.54. The van der Waals surface area contributed by atoms with Gasteiger partial charge in [0.25, 0.3) is 10.2 Å². The van der Waals surface area contributed by atoms with E-state index in [2.05, 4.69) is 23.5 Å². The second-order valence-electron chi connectivity index (χ2n) is 7.18. The zero-order valence-corrected chi connectivity index (χ0v) is 18.0. The Morgan fingerprint density at radius 2 is 1.85 bits per heavy atom. The number of methoxy groups -OCH3 is 1. The lowest BCUT2D eigenvalue weighted by atomic mass is 9.96. The molecule has 1 aliphatic carbocycles. The summed E-state index contributed by atoms with van der Waals surface area (Å²) in [6.45, 7) is 6.23. The SMILES string of the molecule is CCN(CC)C(CNS(=O)(=O)N(C)C1CCCCC1)c1cccc(OC)c1. The lowest BCUT2D eigenvalue weighted by Gasteiger charge is -2.33. The van der Waals surface area contributed by atoms with Gasteiger partial charge in [-0.25, -0.2) is 4.72 Å². The zero-order chi connectivity index (χ0) is 19.9. The third kappa shape index (κ3) is 5.91. The van der Waals surface area contributed by atoms with Crippen molar-refractivity contribution >= 4 is 10.2 Å². The van der Waals surface area contributed by atoms with Crippen LogP contribution in [-0.2, 0) is 10.2 Å². The molecule has 6 nitrogen and oxygen atoms in total. The molecule has 1 N–H and O–H groups in total. The summed E-state index contributed by atoms with van der Waals surface area (Å²) < 4.78 is 35.5. The highest BCUT2D eigenvalue weighted by Gasteiger charge is 2.29. The Labute approximate surface area is 165 Å². The molecule has 0 spiro atoms. The molecule has 0 saturated heterocycles. The summed E-state index contributed by atoms with van der Waals surface area (Å²) in [4.78, 5) is 2.26. The predicted molar refractivity (Wildman–Crippen MR) is 110 cm³/mol. The fourth-order valence-corrected chi connectivity index (χ4v) is 5.07. The first-order chi connectivity index (χ1) is 12.9. The van der Waals surface area contributed by atoms with Crippen molar-refractivity contribution < 1.29 is 13.2 Å². The van der Waals surface area contributed by atoms with E-state index >= 15 is 0 Å². The quantitative estimate of drug-likeness (QED) is 0.659. The first-order valence-electron chi connectivity index (χ1n) is 10.0. The molecule has 0 radical (unpaired) electrons. The van der Waals surface area contributed by atoms with Crippen LogP contribution >= 0.6 is 0 Å². The maximum Gasteiger partial charge on any atom is 0.279 e. The molecule has 0 aliphatic heterocycles. The van der Waals surface area contributed by atoms with Crippen LogP contribution < -0.4 is 9.46 Å². The third-order valence-corrected chi connectivity index (χ3v) is 7.25. The van der Waals surface area contributed by atoms with Crippen LogP contribution in [0.4, 0.5) is 0 Å². The second kappa shape index (κ2) is 10.4. The van der Waals surface area contributed by atoms with Crippen molar-refractivity contribution in [1.29, 1.82) is 0 Å². The molecule has 0 amide bonds. The molecule has 2 rings (SSSR count). The largest absolute Gasteiger partial charge is 0.497 e. The van der Waals surface area contributed by atoms with Gasteiger partial charge in [0.2, 0.25) is 0 Å². The van der Waals surface area contributed by atoms with E-state index in [0.717, 1.165) is 50.1 Å². The number of nitrogens with one attached hydrogen (secondary N) is 1. The average molecular weight is 398 g/mol.